The molecule has 0 spiro atoms. The highest BCUT2D eigenvalue weighted by molar-refractivity contribution is 5.94. The van der Waals surface area contributed by atoms with Gasteiger partial charge in [0.05, 0.1) is 19.3 Å². The van der Waals surface area contributed by atoms with Crippen molar-refractivity contribution < 1.29 is 23.8 Å². The molecule has 1 fully saturated rings. The van der Waals surface area contributed by atoms with Gasteiger partial charge in [0.15, 0.2) is 11.6 Å². The Bertz CT molecular complexity index is 522. The monoisotopic (exact) mass is 297 g/mol. The first-order valence-electron chi connectivity index (χ1n) is 6.81. The van der Waals surface area contributed by atoms with E-state index < -0.39 is 11.9 Å². The Hall–Kier alpha value is -1.66. The van der Waals surface area contributed by atoms with Crippen molar-refractivity contribution in [2.45, 2.75) is 31.1 Å². The van der Waals surface area contributed by atoms with E-state index in [1.54, 1.807) is 7.05 Å². The Labute approximate surface area is 123 Å². The number of amides is 1. The number of nitrogens with zero attached hydrogens (tertiary/aromatic N) is 1. The third kappa shape index (κ3) is 3.01. The second-order valence-corrected chi connectivity index (χ2v) is 5.17. The van der Waals surface area contributed by atoms with Gasteiger partial charge in [-0.1, -0.05) is 0 Å². The van der Waals surface area contributed by atoms with Crippen LogP contribution in [0, 0.1) is 5.82 Å². The summed E-state index contributed by atoms with van der Waals surface area (Å²) < 4.78 is 23.7. The van der Waals surface area contributed by atoms with Crippen LogP contribution in [0.25, 0.3) is 0 Å². The first-order chi connectivity index (χ1) is 9.99. The summed E-state index contributed by atoms with van der Waals surface area (Å²) in [5.74, 6) is -0.828. The van der Waals surface area contributed by atoms with Crippen molar-refractivity contribution in [2.24, 2.45) is 0 Å². The number of aliphatic hydroxyl groups excluding tert-OH is 1. The smallest absolute Gasteiger partial charge is 0.254 e. The van der Waals surface area contributed by atoms with Crippen LogP contribution in [-0.2, 0) is 4.74 Å². The van der Waals surface area contributed by atoms with Gasteiger partial charge < -0.3 is 19.5 Å². The van der Waals surface area contributed by atoms with Crippen LogP contribution >= 0.6 is 0 Å². The van der Waals surface area contributed by atoms with Gasteiger partial charge in [-0.2, -0.15) is 0 Å². The van der Waals surface area contributed by atoms with Crippen LogP contribution in [0.3, 0.4) is 0 Å². The van der Waals surface area contributed by atoms with Gasteiger partial charge in [0.25, 0.3) is 5.91 Å². The fourth-order valence-electron chi connectivity index (χ4n) is 2.76. The van der Waals surface area contributed by atoms with E-state index in [9.17, 15) is 14.3 Å². The number of hydrogen-bond donors (Lipinski definition) is 1. The number of rotatable bonds is 4. The van der Waals surface area contributed by atoms with E-state index >= 15 is 0 Å². The van der Waals surface area contributed by atoms with Crippen LogP contribution in [0.2, 0.25) is 0 Å². The minimum Gasteiger partial charge on any atom is -0.494 e. The zero-order chi connectivity index (χ0) is 15.6. The first kappa shape index (κ1) is 15.7. The number of hydrogen-bond acceptors (Lipinski definition) is 4. The molecule has 1 aromatic rings. The summed E-state index contributed by atoms with van der Waals surface area (Å²) >= 11 is 0. The van der Waals surface area contributed by atoms with Crippen molar-refractivity contribution in [3.8, 4) is 5.75 Å². The molecule has 1 N–H and O–H groups in total. The molecule has 6 heteroatoms. The summed E-state index contributed by atoms with van der Waals surface area (Å²) in [5.41, 5.74) is 0.226. The zero-order valence-corrected chi connectivity index (χ0v) is 12.4. The number of ether oxygens (including phenoxy) is 2. The van der Waals surface area contributed by atoms with E-state index in [1.807, 2.05) is 0 Å². The quantitative estimate of drug-likeness (QED) is 0.914. The first-order valence-corrected chi connectivity index (χ1v) is 6.81. The molecule has 1 saturated carbocycles. The van der Waals surface area contributed by atoms with Gasteiger partial charge in [-0.05, 0) is 31.0 Å². The molecule has 1 aliphatic rings. The van der Waals surface area contributed by atoms with Crippen LogP contribution in [-0.4, -0.2) is 55.4 Å². The predicted octanol–water partition coefficient (Wildman–Crippen LogP) is 1.44. The topological polar surface area (TPSA) is 59.0 Å². The largest absolute Gasteiger partial charge is 0.494 e. The molecule has 0 bridgehead atoms. The molecule has 0 saturated heterocycles. The van der Waals surface area contributed by atoms with Gasteiger partial charge in [-0.3, -0.25) is 4.79 Å². The average molecular weight is 297 g/mol. The van der Waals surface area contributed by atoms with Crippen LogP contribution in [0.5, 0.6) is 5.75 Å². The fourth-order valence-corrected chi connectivity index (χ4v) is 2.76. The molecule has 116 valence electrons. The molecule has 2 rings (SSSR count). The third-order valence-corrected chi connectivity index (χ3v) is 4.04. The van der Waals surface area contributed by atoms with Gasteiger partial charge in [0, 0.05) is 19.7 Å². The highest BCUT2D eigenvalue weighted by Gasteiger charge is 2.39. The van der Waals surface area contributed by atoms with E-state index in [2.05, 4.69) is 0 Å². The molecule has 1 aliphatic carbocycles. The summed E-state index contributed by atoms with van der Waals surface area (Å²) in [4.78, 5) is 13.8. The van der Waals surface area contributed by atoms with Gasteiger partial charge >= 0.3 is 0 Å². The maximum absolute atomic E-state index is 13.7. The summed E-state index contributed by atoms with van der Waals surface area (Å²) in [6.07, 6.45) is 0.349. The second-order valence-electron chi connectivity index (χ2n) is 5.17. The van der Waals surface area contributed by atoms with E-state index in [4.69, 9.17) is 9.47 Å². The lowest BCUT2D eigenvalue weighted by Crippen LogP contribution is -2.44. The molecule has 1 amide bonds. The minimum absolute atomic E-state index is 0.0922. The lowest BCUT2D eigenvalue weighted by Gasteiger charge is -2.28. The number of carbonyl (C=O) groups excluding carboxylic acids is 1. The van der Waals surface area contributed by atoms with Crippen LogP contribution in [0.4, 0.5) is 4.39 Å². The number of aliphatic hydroxyl groups is 1. The molecular formula is C15H20FNO4. The lowest BCUT2D eigenvalue weighted by molar-refractivity contribution is -0.0156. The van der Waals surface area contributed by atoms with Crippen molar-refractivity contribution in [1.29, 1.82) is 0 Å². The summed E-state index contributed by atoms with van der Waals surface area (Å²) in [5, 5.41) is 10.1. The Morgan fingerprint density at radius 3 is 2.62 bits per heavy atom. The van der Waals surface area contributed by atoms with Crippen LogP contribution in [0.15, 0.2) is 18.2 Å². The standard InChI is InChI=1S/C15H20FNO4/c1-17(11-5-7-13(21-3)14(11)18)15(19)9-4-6-12(20-2)10(16)8-9/h4,6,8,11,13-14,18H,5,7H2,1-3H3/t11-,13-,14-/m1/s1. The zero-order valence-electron chi connectivity index (χ0n) is 12.4. The molecule has 0 radical (unpaired) electrons. The molecule has 21 heavy (non-hydrogen) atoms. The Morgan fingerprint density at radius 2 is 2.10 bits per heavy atom. The molecule has 0 unspecified atom stereocenters. The van der Waals surface area contributed by atoms with Crippen LogP contribution in [0.1, 0.15) is 23.2 Å². The fraction of sp³-hybridized carbons (Fsp3) is 0.533. The van der Waals surface area contributed by atoms with Crippen LogP contribution < -0.4 is 4.74 Å². The van der Waals surface area contributed by atoms with Gasteiger partial charge in [-0.25, -0.2) is 4.39 Å². The summed E-state index contributed by atoms with van der Waals surface area (Å²) in [6, 6.07) is 3.75. The maximum Gasteiger partial charge on any atom is 0.254 e. The van der Waals surface area contributed by atoms with Gasteiger partial charge in [-0.15, -0.1) is 0 Å². The number of likely N-dealkylation sites (N-methyl/N-ethyl adjacent to an activating group) is 1. The number of methoxy groups -OCH3 is 2. The molecule has 5 nitrogen and oxygen atoms in total. The normalized spacial score (nSPS) is 24.9. The number of benzene rings is 1. The Kier molecular flexibility index (Phi) is 4.80. The molecule has 3 atom stereocenters. The van der Waals surface area contributed by atoms with Crippen molar-refractivity contribution in [2.75, 3.05) is 21.3 Å². The SMILES string of the molecule is COc1ccc(C(=O)N(C)[C@@H]2CC[C@@H](OC)[C@@H]2O)cc1F. The van der Waals surface area contributed by atoms with E-state index in [0.29, 0.717) is 12.8 Å². The Morgan fingerprint density at radius 1 is 1.38 bits per heavy atom. The minimum atomic E-state index is -0.730. The van der Waals surface area contributed by atoms with Crippen molar-refractivity contribution in [3.63, 3.8) is 0 Å². The summed E-state index contributed by atoms with van der Waals surface area (Å²) in [6.45, 7) is 0. The number of halogens is 1. The summed E-state index contributed by atoms with van der Waals surface area (Å²) in [7, 11) is 4.51. The third-order valence-electron chi connectivity index (χ3n) is 4.04. The molecule has 0 heterocycles. The van der Waals surface area contributed by atoms with Crippen molar-refractivity contribution in [3.05, 3.63) is 29.6 Å². The van der Waals surface area contributed by atoms with Gasteiger partial charge in [0.2, 0.25) is 0 Å². The lowest BCUT2D eigenvalue weighted by atomic mass is 10.1. The molecule has 0 aromatic heterocycles. The second kappa shape index (κ2) is 6.41. The van der Waals surface area contributed by atoms with Crippen molar-refractivity contribution >= 4 is 5.91 Å². The van der Waals surface area contributed by atoms with Gasteiger partial charge in [0.1, 0.15) is 6.10 Å². The molecular weight excluding hydrogens is 277 g/mol. The molecule has 1 aromatic carbocycles. The highest BCUT2D eigenvalue weighted by Crippen LogP contribution is 2.27. The predicted molar refractivity (Wildman–Crippen MR) is 74.9 cm³/mol. The maximum atomic E-state index is 13.7. The Balaban J connectivity index is 2.14. The van der Waals surface area contributed by atoms with Crippen molar-refractivity contribution in [1.82, 2.24) is 4.90 Å². The van der Waals surface area contributed by atoms with E-state index in [-0.39, 0.29) is 29.4 Å². The average Bonchev–Trinajstić information content (AvgIpc) is 2.86. The number of carbonyl (C=O) groups is 1. The van der Waals surface area contributed by atoms with E-state index in [1.165, 1.54) is 31.3 Å². The highest BCUT2D eigenvalue weighted by atomic mass is 19.1. The van der Waals surface area contributed by atoms with E-state index in [0.717, 1.165) is 6.07 Å². The molecule has 0 aliphatic heterocycles.